The van der Waals surface area contributed by atoms with Gasteiger partial charge in [-0.05, 0) is 62.3 Å². The molecule has 16 atom stereocenters. The number of carbonyl (C=O) groups excluding carboxylic acids is 7. The molecule has 7 amide bonds. The summed E-state index contributed by atoms with van der Waals surface area (Å²) < 4.78 is 0. The molecule has 3 aliphatic heterocycles. The van der Waals surface area contributed by atoms with Crippen LogP contribution >= 0.6 is 0 Å². The maximum atomic E-state index is 14.5. The SMILES string of the molecule is CC(=O)O.CC(=O)O.CC[C@H](C)C[C@H](C)CCCCCCCCC(=O)N[C@H]1C[C@@H](O)[C@@H](NCCN)NC(=O)[C@H]2CN(C[C@@H]2O)C(=O)[C@H]([C@H](O)CCN)NC(=O)[C@H]([C@H](O)[C@@H](O)c2ccc(O)cc2)NC(=O)[C@@H]2C[C@@H](O)CN2C(=O)[C@H]([C@@H](C)O)NC1=O. The molecule has 0 aromatic heterocycles. The van der Waals surface area contributed by atoms with E-state index in [1.165, 1.54) is 30.7 Å². The molecule has 20 N–H and O–H groups in total. The fraction of sp³-hybridized carbons (Fsp3) is 0.732. The summed E-state index contributed by atoms with van der Waals surface area (Å²) in [5, 5.41) is 119. The Morgan fingerprint density at radius 2 is 1.25 bits per heavy atom. The first-order chi connectivity index (χ1) is 40.0. The normalized spacial score (nSPS) is 26.5. The third-order valence-electron chi connectivity index (χ3n) is 14.9. The predicted octanol–water partition coefficient (Wildman–Crippen LogP) is -3.27. The van der Waals surface area contributed by atoms with Gasteiger partial charge in [0, 0.05) is 65.8 Å². The molecule has 0 aliphatic carbocycles. The molecule has 2 bridgehead atoms. The smallest absolute Gasteiger partial charge is 0.300 e. The Balaban J connectivity index is 0.00000289. The van der Waals surface area contributed by atoms with Gasteiger partial charge in [-0.25, -0.2) is 0 Å². The van der Waals surface area contributed by atoms with Crippen LogP contribution in [0.5, 0.6) is 5.75 Å². The van der Waals surface area contributed by atoms with Crippen molar-refractivity contribution < 1.29 is 94.2 Å². The van der Waals surface area contributed by atoms with E-state index in [1.54, 1.807) is 0 Å². The van der Waals surface area contributed by atoms with E-state index < -0.39 is 171 Å². The van der Waals surface area contributed by atoms with E-state index in [9.17, 15) is 74.4 Å². The first kappa shape index (κ1) is 74.9. The Kier molecular flexibility index (Phi) is 33.6. The highest BCUT2D eigenvalue weighted by molar-refractivity contribution is 5.97. The number of aliphatic carboxylic acids is 2. The molecule has 0 unspecified atom stereocenters. The molecule has 1 aromatic rings. The van der Waals surface area contributed by atoms with Crippen molar-refractivity contribution in [3.63, 3.8) is 0 Å². The number of aliphatic hydroxyl groups excluding tert-OH is 7. The number of hydrogen-bond acceptors (Lipinski definition) is 20. The number of benzene rings is 1. The number of hydrogen-bond donors (Lipinski definition) is 18. The van der Waals surface area contributed by atoms with E-state index in [0.717, 1.165) is 75.5 Å². The number of phenols is 1. The lowest BCUT2D eigenvalue weighted by molar-refractivity contribution is -0.146. The second-order valence-corrected chi connectivity index (χ2v) is 22.4. The van der Waals surface area contributed by atoms with Crippen molar-refractivity contribution >= 4 is 53.3 Å². The van der Waals surface area contributed by atoms with E-state index in [4.69, 9.17) is 31.3 Å². The topological polar surface area (TPSA) is 487 Å². The minimum absolute atomic E-state index is 0.000281. The van der Waals surface area contributed by atoms with Gasteiger partial charge in [-0.2, -0.15) is 0 Å². The van der Waals surface area contributed by atoms with E-state index in [0.29, 0.717) is 18.3 Å². The lowest BCUT2D eigenvalue weighted by atomic mass is 9.91. The largest absolute Gasteiger partial charge is 0.508 e. The van der Waals surface area contributed by atoms with Crippen LogP contribution in [0.4, 0.5) is 0 Å². The van der Waals surface area contributed by atoms with Crippen molar-refractivity contribution in [3.05, 3.63) is 29.8 Å². The highest BCUT2D eigenvalue weighted by Gasteiger charge is 2.48. The molecule has 3 saturated heterocycles. The summed E-state index contributed by atoms with van der Waals surface area (Å²) >= 11 is 0. The van der Waals surface area contributed by atoms with Gasteiger partial charge in [0.15, 0.2) is 0 Å². The van der Waals surface area contributed by atoms with E-state index in [-0.39, 0.29) is 43.8 Å². The second-order valence-electron chi connectivity index (χ2n) is 22.4. The molecule has 3 heterocycles. The molecule has 1 aromatic carbocycles. The minimum atomic E-state index is -2.26. The maximum Gasteiger partial charge on any atom is 0.300 e. The first-order valence-corrected chi connectivity index (χ1v) is 29.2. The molecule has 29 heteroatoms. The Labute approximate surface area is 496 Å². The summed E-state index contributed by atoms with van der Waals surface area (Å²) in [7, 11) is 0. The zero-order chi connectivity index (χ0) is 64.2. The van der Waals surface area contributed by atoms with Crippen molar-refractivity contribution in [1.29, 1.82) is 0 Å². The van der Waals surface area contributed by atoms with Gasteiger partial charge in [-0.15, -0.1) is 0 Å². The molecule has 0 saturated carbocycles. The number of fused-ring (bicyclic) bond motifs is 3. The number of carboxylic acid groups (broad SMARTS) is 2. The number of nitrogens with zero attached hydrogens (tertiary/aromatic N) is 2. The van der Waals surface area contributed by atoms with Crippen LogP contribution in [0.1, 0.15) is 137 Å². The number of carboxylic acids is 2. The highest BCUT2D eigenvalue weighted by atomic mass is 16.4. The quantitative estimate of drug-likeness (QED) is 0.0478. The van der Waals surface area contributed by atoms with Gasteiger partial charge in [0.2, 0.25) is 41.4 Å². The van der Waals surface area contributed by atoms with Gasteiger partial charge < -0.3 is 98.9 Å². The Hall–Kier alpha value is -6.15. The number of phenolic OH excluding ortho intramolecular Hbond substituents is 1. The van der Waals surface area contributed by atoms with Crippen molar-refractivity contribution in [2.24, 2.45) is 29.2 Å². The average molecular weight is 1210 g/mol. The summed E-state index contributed by atoms with van der Waals surface area (Å²) in [4.78, 5) is 119. The van der Waals surface area contributed by atoms with Crippen molar-refractivity contribution in [2.45, 2.75) is 204 Å². The van der Waals surface area contributed by atoms with Crippen LogP contribution in [0.15, 0.2) is 24.3 Å². The van der Waals surface area contributed by atoms with Crippen LogP contribution in [-0.4, -0.2) is 226 Å². The zero-order valence-electron chi connectivity index (χ0n) is 49.7. The molecule has 484 valence electrons. The fourth-order valence-electron chi connectivity index (χ4n) is 10.2. The molecular formula is C56H96N10O19. The van der Waals surface area contributed by atoms with Crippen LogP contribution < -0.4 is 43.4 Å². The van der Waals surface area contributed by atoms with Gasteiger partial charge in [-0.1, -0.05) is 77.8 Å². The summed E-state index contributed by atoms with van der Waals surface area (Å²) in [5.74, 6) is -9.17. The third kappa shape index (κ3) is 25.8. The van der Waals surface area contributed by atoms with Crippen LogP contribution in [0.3, 0.4) is 0 Å². The van der Waals surface area contributed by atoms with Crippen LogP contribution in [-0.2, 0) is 43.2 Å². The average Bonchev–Trinajstić information content (AvgIpc) is 2.77. The fourth-order valence-corrected chi connectivity index (χ4v) is 10.2. The number of nitrogens with one attached hydrogen (secondary N) is 6. The predicted molar refractivity (Wildman–Crippen MR) is 307 cm³/mol. The first-order valence-electron chi connectivity index (χ1n) is 29.2. The van der Waals surface area contributed by atoms with E-state index in [1.807, 2.05) is 0 Å². The second kappa shape index (κ2) is 38.1. The van der Waals surface area contributed by atoms with Gasteiger partial charge in [0.05, 0.1) is 36.4 Å². The molecule has 3 aliphatic rings. The van der Waals surface area contributed by atoms with Crippen LogP contribution in [0.25, 0.3) is 0 Å². The molecule has 0 spiro atoms. The number of carbonyl (C=O) groups is 9. The molecular weight excluding hydrogens is 1120 g/mol. The number of unbranched alkanes of at least 4 members (excludes halogenated alkanes) is 5. The number of aromatic hydroxyl groups is 1. The molecule has 0 radical (unpaired) electrons. The molecule has 29 nitrogen and oxygen atoms in total. The lowest BCUT2D eigenvalue weighted by Gasteiger charge is -2.34. The minimum Gasteiger partial charge on any atom is -0.508 e. The van der Waals surface area contributed by atoms with Gasteiger partial charge in [-0.3, -0.25) is 48.5 Å². The molecule has 4 rings (SSSR count). The number of amides is 7. The van der Waals surface area contributed by atoms with Gasteiger partial charge >= 0.3 is 0 Å². The monoisotopic (exact) mass is 1210 g/mol. The zero-order valence-corrected chi connectivity index (χ0v) is 49.7. The van der Waals surface area contributed by atoms with Crippen molar-refractivity contribution in [2.75, 3.05) is 39.3 Å². The van der Waals surface area contributed by atoms with Crippen LogP contribution in [0, 0.1) is 17.8 Å². The maximum absolute atomic E-state index is 14.5. The number of nitrogens with two attached hydrogens (primary N) is 2. The standard InChI is InChI=1S/C52H88N10O15.2C2H4O2/c1-5-28(2)22-29(3)12-10-8-6-7-9-11-13-40(69)56-35-24-38(67)46(55-21-20-54)60-47(72)34-26-61(27-39(34)68)51(76)42(37(66)18-19-53)58-50(75)43(45(71)44(70)31-14-16-32(64)17-15-31)59-49(74)36-23-33(65)25-62(36)52(77)41(30(4)63)57-48(35)73;2*1-2(3)4/h14-17,28-30,33-39,41-46,55,63-68,70-71H,5-13,18-27,53-54H2,1-4H3,(H,56,69)(H,57,73)(H,58,75)(H,59,74)(H,60,72);2*1H3,(H,3,4)/t28-,29+,30+,33+,34-,35-,36-,37+,38+,39-,41-,42-,43-,44-,45-,46-;;/m0../s1. The molecule has 85 heavy (non-hydrogen) atoms. The third-order valence-corrected chi connectivity index (χ3v) is 14.9. The summed E-state index contributed by atoms with van der Waals surface area (Å²) in [6.07, 6.45) is -6.42. The van der Waals surface area contributed by atoms with Crippen LogP contribution in [0.2, 0.25) is 0 Å². The number of aliphatic hydroxyl groups is 7. The van der Waals surface area contributed by atoms with E-state index >= 15 is 0 Å². The summed E-state index contributed by atoms with van der Waals surface area (Å²) in [6, 6.07) is -4.51. The van der Waals surface area contributed by atoms with Gasteiger partial charge in [0.25, 0.3) is 11.9 Å². The Morgan fingerprint density at radius 3 is 1.82 bits per heavy atom. The molecule has 3 fully saturated rings. The van der Waals surface area contributed by atoms with E-state index in [2.05, 4.69) is 52.7 Å². The van der Waals surface area contributed by atoms with Gasteiger partial charge in [0.1, 0.15) is 54.3 Å². The summed E-state index contributed by atoms with van der Waals surface area (Å²) in [6.45, 7) is 8.31. The Morgan fingerprint density at radius 1 is 0.671 bits per heavy atom. The Bertz CT molecular complexity index is 2270. The summed E-state index contributed by atoms with van der Waals surface area (Å²) in [5.41, 5.74) is 11.5. The van der Waals surface area contributed by atoms with Crippen molar-refractivity contribution in [1.82, 2.24) is 41.7 Å². The highest BCUT2D eigenvalue weighted by Crippen LogP contribution is 2.26. The lowest BCUT2D eigenvalue weighted by Crippen LogP contribution is -2.64. The van der Waals surface area contributed by atoms with Crippen molar-refractivity contribution in [3.8, 4) is 5.75 Å². The number of rotatable bonds is 23.